The van der Waals surface area contributed by atoms with E-state index in [4.69, 9.17) is 0 Å². The molecule has 2 amide bonds. The van der Waals surface area contributed by atoms with Gasteiger partial charge in [-0.3, -0.25) is 14.4 Å². The summed E-state index contributed by atoms with van der Waals surface area (Å²) in [4.78, 5) is 38.7. The van der Waals surface area contributed by atoms with Crippen LogP contribution in [0.4, 0.5) is 8.78 Å². The van der Waals surface area contributed by atoms with Gasteiger partial charge in [0.25, 0.3) is 0 Å². The van der Waals surface area contributed by atoms with E-state index >= 15 is 0 Å². The van der Waals surface area contributed by atoms with Crippen LogP contribution in [0.3, 0.4) is 0 Å². The maximum Gasteiger partial charge on any atom is 0.313 e. The topological polar surface area (TPSA) is 77.9 Å². The fourth-order valence-electron chi connectivity index (χ4n) is 3.74. The first kappa shape index (κ1) is 17.3. The predicted octanol–water partition coefficient (Wildman–Crippen LogP) is 0.899. The minimum absolute atomic E-state index is 0.0154. The lowest BCUT2D eigenvalue weighted by Crippen LogP contribution is -2.43. The second-order valence-corrected chi connectivity index (χ2v) is 6.74. The van der Waals surface area contributed by atoms with E-state index in [1.807, 2.05) is 0 Å². The Hall–Kier alpha value is -2.51. The fourth-order valence-corrected chi connectivity index (χ4v) is 3.74. The van der Waals surface area contributed by atoms with E-state index in [-0.39, 0.29) is 50.0 Å². The molecule has 1 aromatic rings. The highest BCUT2D eigenvalue weighted by atomic mass is 19.1. The van der Waals surface area contributed by atoms with Crippen LogP contribution in [-0.2, 0) is 20.8 Å². The Morgan fingerprint density at radius 3 is 2.40 bits per heavy atom. The Morgan fingerprint density at radius 1 is 1.20 bits per heavy atom. The van der Waals surface area contributed by atoms with Gasteiger partial charge in [0.05, 0.1) is 6.42 Å². The standard InChI is InChI=1S/C17H18F2N2O4/c1-10(22)20-6-12-7-21(9-17(12,8-20)16(24)25)15(23)4-11-2-3-13(18)5-14(11)19/h2-3,5,12H,4,6-9H2,1H3,(H,24,25)/t12-,17-/m0/s1. The van der Waals surface area contributed by atoms with Crippen molar-refractivity contribution in [2.75, 3.05) is 26.2 Å². The fraction of sp³-hybridized carbons (Fsp3) is 0.471. The van der Waals surface area contributed by atoms with Gasteiger partial charge in [-0.25, -0.2) is 8.78 Å². The number of hydrogen-bond acceptors (Lipinski definition) is 3. The zero-order chi connectivity index (χ0) is 18.4. The van der Waals surface area contributed by atoms with Crippen molar-refractivity contribution < 1.29 is 28.3 Å². The summed E-state index contributed by atoms with van der Waals surface area (Å²) >= 11 is 0. The highest BCUT2D eigenvalue weighted by Crippen LogP contribution is 2.43. The SMILES string of the molecule is CC(=O)N1C[C@H]2CN(C(=O)Cc3ccc(F)cc3F)C[C@@]2(C(=O)O)C1. The number of aliphatic carboxylic acids is 1. The molecule has 134 valence electrons. The molecule has 0 bridgehead atoms. The van der Waals surface area contributed by atoms with E-state index in [9.17, 15) is 28.3 Å². The van der Waals surface area contributed by atoms with Gasteiger partial charge in [0.1, 0.15) is 17.0 Å². The van der Waals surface area contributed by atoms with Crippen LogP contribution in [0, 0.1) is 23.0 Å². The largest absolute Gasteiger partial charge is 0.481 e. The Bertz CT molecular complexity index is 754. The molecular formula is C17H18F2N2O4. The summed E-state index contributed by atoms with van der Waals surface area (Å²) in [6.45, 7) is 1.93. The van der Waals surface area contributed by atoms with Gasteiger partial charge in [-0.2, -0.15) is 0 Å². The van der Waals surface area contributed by atoms with Crippen LogP contribution in [-0.4, -0.2) is 58.9 Å². The third kappa shape index (κ3) is 2.96. The number of carboxylic acid groups (broad SMARTS) is 1. The molecule has 2 saturated heterocycles. The predicted molar refractivity (Wildman–Crippen MR) is 82.5 cm³/mol. The first-order chi connectivity index (χ1) is 11.7. The Labute approximate surface area is 143 Å². The van der Waals surface area contributed by atoms with Crippen LogP contribution in [0.1, 0.15) is 12.5 Å². The molecule has 1 aromatic carbocycles. The molecular weight excluding hydrogens is 334 g/mol. The van der Waals surface area contributed by atoms with Crippen LogP contribution in [0.5, 0.6) is 0 Å². The number of amides is 2. The maximum absolute atomic E-state index is 13.7. The van der Waals surface area contributed by atoms with Gasteiger partial charge >= 0.3 is 5.97 Å². The van der Waals surface area contributed by atoms with Gasteiger partial charge in [0, 0.05) is 45.1 Å². The molecule has 2 aliphatic rings. The second kappa shape index (κ2) is 6.09. The molecule has 3 rings (SSSR count). The number of rotatable bonds is 3. The van der Waals surface area contributed by atoms with Gasteiger partial charge in [-0.05, 0) is 11.6 Å². The lowest BCUT2D eigenvalue weighted by molar-refractivity contribution is -0.149. The monoisotopic (exact) mass is 352 g/mol. The normalized spacial score (nSPS) is 25.2. The number of halogens is 2. The minimum atomic E-state index is -1.18. The molecule has 0 unspecified atom stereocenters. The summed E-state index contributed by atoms with van der Waals surface area (Å²) in [5.74, 6) is -3.52. The number of benzene rings is 1. The Balaban J connectivity index is 1.74. The van der Waals surface area contributed by atoms with E-state index in [2.05, 4.69) is 0 Å². The van der Waals surface area contributed by atoms with Crippen molar-refractivity contribution in [3.05, 3.63) is 35.4 Å². The molecule has 2 atom stereocenters. The Morgan fingerprint density at radius 2 is 1.84 bits per heavy atom. The van der Waals surface area contributed by atoms with Crippen LogP contribution >= 0.6 is 0 Å². The van der Waals surface area contributed by atoms with Crippen LogP contribution < -0.4 is 0 Å². The summed E-state index contributed by atoms with van der Waals surface area (Å²) in [6.07, 6.45) is -0.259. The van der Waals surface area contributed by atoms with E-state index in [1.165, 1.54) is 22.8 Å². The highest BCUT2D eigenvalue weighted by molar-refractivity contribution is 5.84. The third-order valence-corrected chi connectivity index (χ3v) is 5.19. The van der Waals surface area contributed by atoms with Crippen molar-refractivity contribution in [3.63, 3.8) is 0 Å². The zero-order valence-electron chi connectivity index (χ0n) is 13.7. The maximum atomic E-state index is 13.7. The number of carbonyl (C=O) groups excluding carboxylic acids is 2. The van der Waals surface area contributed by atoms with Crippen molar-refractivity contribution in [3.8, 4) is 0 Å². The Kier molecular flexibility index (Phi) is 4.22. The summed E-state index contributed by atoms with van der Waals surface area (Å²) in [5.41, 5.74) is -1.11. The van der Waals surface area contributed by atoms with Crippen LogP contribution in [0.25, 0.3) is 0 Å². The molecule has 2 heterocycles. The molecule has 2 fully saturated rings. The molecule has 0 aliphatic carbocycles. The van der Waals surface area contributed by atoms with Crippen molar-refractivity contribution >= 4 is 17.8 Å². The van der Waals surface area contributed by atoms with E-state index in [1.54, 1.807) is 0 Å². The molecule has 2 aliphatic heterocycles. The van der Waals surface area contributed by atoms with Gasteiger partial charge in [0.2, 0.25) is 11.8 Å². The highest BCUT2D eigenvalue weighted by Gasteiger charge is 2.59. The molecule has 1 N–H and O–H groups in total. The quantitative estimate of drug-likeness (QED) is 0.877. The van der Waals surface area contributed by atoms with Gasteiger partial charge in [-0.15, -0.1) is 0 Å². The zero-order valence-corrected chi connectivity index (χ0v) is 13.7. The number of carbonyl (C=O) groups is 3. The molecule has 8 heteroatoms. The molecule has 0 aromatic heterocycles. The van der Waals surface area contributed by atoms with Crippen LogP contribution in [0.15, 0.2) is 18.2 Å². The summed E-state index contributed by atoms with van der Waals surface area (Å²) in [7, 11) is 0. The van der Waals surface area contributed by atoms with E-state index in [0.29, 0.717) is 6.07 Å². The van der Waals surface area contributed by atoms with Crippen molar-refractivity contribution in [2.45, 2.75) is 13.3 Å². The van der Waals surface area contributed by atoms with Gasteiger partial charge in [0.15, 0.2) is 0 Å². The number of fused-ring (bicyclic) bond motifs is 1. The number of nitrogens with zero attached hydrogens (tertiary/aromatic N) is 2. The molecule has 25 heavy (non-hydrogen) atoms. The molecule has 0 radical (unpaired) electrons. The first-order valence-corrected chi connectivity index (χ1v) is 7.93. The summed E-state index contributed by atoms with van der Waals surface area (Å²) in [6, 6.07) is 3.00. The van der Waals surface area contributed by atoms with E-state index < -0.39 is 28.9 Å². The summed E-state index contributed by atoms with van der Waals surface area (Å²) in [5, 5.41) is 9.66. The van der Waals surface area contributed by atoms with Crippen molar-refractivity contribution in [1.82, 2.24) is 9.80 Å². The average molecular weight is 352 g/mol. The lowest BCUT2D eigenvalue weighted by atomic mass is 9.81. The van der Waals surface area contributed by atoms with Crippen molar-refractivity contribution in [2.24, 2.45) is 11.3 Å². The molecule has 6 nitrogen and oxygen atoms in total. The van der Waals surface area contributed by atoms with Gasteiger partial charge in [-0.1, -0.05) is 6.07 Å². The third-order valence-electron chi connectivity index (χ3n) is 5.19. The molecule has 0 spiro atoms. The lowest BCUT2D eigenvalue weighted by Gasteiger charge is -2.25. The average Bonchev–Trinajstić information content (AvgIpc) is 3.05. The summed E-state index contributed by atoms with van der Waals surface area (Å²) < 4.78 is 26.7. The number of likely N-dealkylation sites (tertiary alicyclic amines) is 2. The molecule has 0 saturated carbocycles. The van der Waals surface area contributed by atoms with Gasteiger partial charge < -0.3 is 14.9 Å². The number of carboxylic acids is 1. The van der Waals surface area contributed by atoms with Crippen molar-refractivity contribution in [1.29, 1.82) is 0 Å². The minimum Gasteiger partial charge on any atom is -0.481 e. The smallest absolute Gasteiger partial charge is 0.313 e. The number of hydrogen-bond donors (Lipinski definition) is 1. The first-order valence-electron chi connectivity index (χ1n) is 7.93. The van der Waals surface area contributed by atoms with Crippen LogP contribution in [0.2, 0.25) is 0 Å². The van der Waals surface area contributed by atoms with E-state index in [0.717, 1.165) is 6.07 Å². The second-order valence-electron chi connectivity index (χ2n) is 6.74.